The zero-order valence-corrected chi connectivity index (χ0v) is 11.4. The van der Waals surface area contributed by atoms with Gasteiger partial charge in [0.15, 0.2) is 0 Å². The van der Waals surface area contributed by atoms with Gasteiger partial charge in [-0.1, -0.05) is 23.2 Å². The Morgan fingerprint density at radius 3 is 2.44 bits per heavy atom. The van der Waals surface area contributed by atoms with Gasteiger partial charge in [-0.3, -0.25) is 0 Å². The minimum atomic E-state index is 0.235. The van der Waals surface area contributed by atoms with Gasteiger partial charge in [0, 0.05) is 27.8 Å². The Bertz CT molecular complexity index is 570. The van der Waals surface area contributed by atoms with Crippen LogP contribution in [0.4, 0.5) is 5.69 Å². The van der Waals surface area contributed by atoms with E-state index in [-0.39, 0.29) is 5.75 Å². The van der Waals surface area contributed by atoms with Crippen molar-refractivity contribution in [2.45, 2.75) is 13.5 Å². The quantitative estimate of drug-likeness (QED) is 0.861. The Morgan fingerprint density at radius 1 is 1.06 bits per heavy atom. The first kappa shape index (κ1) is 13.1. The molecule has 0 radical (unpaired) electrons. The average Bonchev–Trinajstić information content (AvgIpc) is 2.32. The number of nitrogens with one attached hydrogen (secondary N) is 1. The van der Waals surface area contributed by atoms with Crippen LogP contribution in [0.3, 0.4) is 0 Å². The fraction of sp³-hybridized carbons (Fsp3) is 0.143. The molecule has 4 heteroatoms. The third-order valence-electron chi connectivity index (χ3n) is 2.70. The molecule has 2 aromatic rings. The molecule has 0 atom stereocenters. The molecule has 0 spiro atoms. The lowest BCUT2D eigenvalue weighted by Crippen LogP contribution is -2.01. The summed E-state index contributed by atoms with van der Waals surface area (Å²) in [5, 5.41) is 14.3. The lowest BCUT2D eigenvalue weighted by atomic mass is 10.1. The van der Waals surface area contributed by atoms with E-state index in [0.717, 1.165) is 16.8 Å². The van der Waals surface area contributed by atoms with Crippen LogP contribution < -0.4 is 5.32 Å². The molecule has 2 aromatic carbocycles. The normalized spacial score (nSPS) is 10.4. The molecule has 0 aliphatic rings. The van der Waals surface area contributed by atoms with Crippen molar-refractivity contribution in [1.82, 2.24) is 0 Å². The van der Waals surface area contributed by atoms with E-state index in [0.29, 0.717) is 16.6 Å². The smallest absolute Gasteiger partial charge is 0.120 e. The summed E-state index contributed by atoms with van der Waals surface area (Å²) < 4.78 is 0. The van der Waals surface area contributed by atoms with Gasteiger partial charge in [-0.05, 0) is 48.9 Å². The van der Waals surface area contributed by atoms with Crippen LogP contribution in [-0.2, 0) is 6.54 Å². The molecule has 18 heavy (non-hydrogen) atoms. The zero-order valence-electron chi connectivity index (χ0n) is 9.87. The van der Waals surface area contributed by atoms with Crippen LogP contribution in [0.15, 0.2) is 36.4 Å². The number of aryl methyl sites for hydroxylation is 1. The van der Waals surface area contributed by atoms with E-state index in [1.54, 1.807) is 18.2 Å². The lowest BCUT2D eigenvalue weighted by molar-refractivity contribution is 0.469. The highest BCUT2D eigenvalue weighted by atomic mass is 35.5. The summed E-state index contributed by atoms with van der Waals surface area (Å²) in [7, 11) is 0. The molecule has 0 heterocycles. The number of rotatable bonds is 3. The summed E-state index contributed by atoms with van der Waals surface area (Å²) in [5.41, 5.74) is 2.81. The van der Waals surface area contributed by atoms with Gasteiger partial charge in [0.05, 0.1) is 0 Å². The number of anilines is 1. The number of phenols is 1. The number of phenolic OH excluding ortho intramolecular Hbond substituents is 1. The molecule has 0 saturated carbocycles. The second kappa shape index (κ2) is 5.51. The van der Waals surface area contributed by atoms with Crippen LogP contribution in [-0.4, -0.2) is 5.11 Å². The Labute approximate surface area is 116 Å². The molecule has 0 aliphatic carbocycles. The first-order valence-electron chi connectivity index (χ1n) is 5.53. The monoisotopic (exact) mass is 281 g/mol. The van der Waals surface area contributed by atoms with Gasteiger partial charge in [0.25, 0.3) is 0 Å². The molecular formula is C14H13Cl2NO. The molecule has 0 aromatic heterocycles. The third-order valence-corrected chi connectivity index (χ3v) is 3.17. The first-order valence-corrected chi connectivity index (χ1v) is 6.29. The number of aromatic hydroxyl groups is 1. The maximum Gasteiger partial charge on any atom is 0.120 e. The standard InChI is InChI=1S/C14H13Cl2NO/c1-9-6-11(15)2-4-13(9)17-8-10-7-12(16)3-5-14(10)18/h2-7,17-18H,8H2,1H3. The van der Waals surface area contributed by atoms with E-state index >= 15 is 0 Å². The number of hydrogen-bond acceptors (Lipinski definition) is 2. The largest absolute Gasteiger partial charge is 0.508 e. The van der Waals surface area contributed by atoms with Crippen molar-refractivity contribution in [2.24, 2.45) is 0 Å². The molecule has 0 amide bonds. The van der Waals surface area contributed by atoms with Crippen LogP contribution in [0.5, 0.6) is 5.75 Å². The summed E-state index contributed by atoms with van der Waals surface area (Å²) in [6.07, 6.45) is 0. The van der Waals surface area contributed by atoms with Gasteiger partial charge in [-0.2, -0.15) is 0 Å². The third kappa shape index (κ3) is 3.09. The highest BCUT2D eigenvalue weighted by Crippen LogP contribution is 2.24. The number of hydrogen-bond donors (Lipinski definition) is 2. The zero-order chi connectivity index (χ0) is 13.1. The molecular weight excluding hydrogens is 269 g/mol. The minimum Gasteiger partial charge on any atom is -0.508 e. The summed E-state index contributed by atoms with van der Waals surface area (Å²) in [6.45, 7) is 2.49. The van der Waals surface area contributed by atoms with Crippen LogP contribution >= 0.6 is 23.2 Å². The molecule has 0 saturated heterocycles. The Morgan fingerprint density at radius 2 is 1.72 bits per heavy atom. The maximum atomic E-state index is 9.71. The van der Waals surface area contributed by atoms with E-state index < -0.39 is 0 Å². The van der Waals surface area contributed by atoms with Crippen molar-refractivity contribution in [2.75, 3.05) is 5.32 Å². The second-order valence-electron chi connectivity index (χ2n) is 4.09. The summed E-state index contributed by atoms with van der Waals surface area (Å²) in [5.74, 6) is 0.235. The molecule has 2 N–H and O–H groups in total. The van der Waals surface area contributed by atoms with Gasteiger partial charge < -0.3 is 10.4 Å². The lowest BCUT2D eigenvalue weighted by Gasteiger charge is -2.11. The number of halogens is 2. The molecule has 0 aliphatic heterocycles. The summed E-state index contributed by atoms with van der Waals surface area (Å²) >= 11 is 11.8. The first-order chi connectivity index (χ1) is 8.56. The molecule has 2 nitrogen and oxygen atoms in total. The van der Waals surface area contributed by atoms with Crippen LogP contribution in [0.2, 0.25) is 10.0 Å². The molecule has 94 valence electrons. The van der Waals surface area contributed by atoms with Crippen molar-refractivity contribution >= 4 is 28.9 Å². The number of benzene rings is 2. The fourth-order valence-corrected chi connectivity index (χ4v) is 2.13. The van der Waals surface area contributed by atoms with E-state index in [9.17, 15) is 5.11 Å². The van der Waals surface area contributed by atoms with Gasteiger partial charge in [0.2, 0.25) is 0 Å². The summed E-state index contributed by atoms with van der Waals surface area (Å²) in [6, 6.07) is 10.6. The van der Waals surface area contributed by atoms with Gasteiger partial charge in [0.1, 0.15) is 5.75 Å². The van der Waals surface area contributed by atoms with Crippen LogP contribution in [0.1, 0.15) is 11.1 Å². The summed E-state index contributed by atoms with van der Waals surface area (Å²) in [4.78, 5) is 0. The minimum absolute atomic E-state index is 0.235. The van der Waals surface area contributed by atoms with E-state index in [1.165, 1.54) is 0 Å². The van der Waals surface area contributed by atoms with Gasteiger partial charge in [-0.25, -0.2) is 0 Å². The van der Waals surface area contributed by atoms with E-state index in [4.69, 9.17) is 23.2 Å². The van der Waals surface area contributed by atoms with Gasteiger partial charge >= 0.3 is 0 Å². The second-order valence-corrected chi connectivity index (χ2v) is 4.96. The molecule has 2 rings (SSSR count). The van der Waals surface area contributed by atoms with Crippen molar-refractivity contribution in [3.05, 3.63) is 57.6 Å². The molecule has 0 unspecified atom stereocenters. The Balaban J connectivity index is 2.13. The van der Waals surface area contributed by atoms with Crippen LogP contribution in [0, 0.1) is 6.92 Å². The molecule has 0 fully saturated rings. The predicted molar refractivity (Wildman–Crippen MR) is 76.6 cm³/mol. The van der Waals surface area contributed by atoms with Crippen molar-refractivity contribution in [1.29, 1.82) is 0 Å². The Kier molecular flexibility index (Phi) is 4.00. The topological polar surface area (TPSA) is 32.3 Å². The van der Waals surface area contributed by atoms with Crippen LogP contribution in [0.25, 0.3) is 0 Å². The van der Waals surface area contributed by atoms with Crippen molar-refractivity contribution < 1.29 is 5.11 Å². The van der Waals surface area contributed by atoms with E-state index in [2.05, 4.69) is 5.32 Å². The van der Waals surface area contributed by atoms with Gasteiger partial charge in [-0.15, -0.1) is 0 Å². The van der Waals surface area contributed by atoms with Crippen molar-refractivity contribution in [3.63, 3.8) is 0 Å². The Hall–Kier alpha value is -1.38. The highest BCUT2D eigenvalue weighted by Gasteiger charge is 2.03. The fourth-order valence-electron chi connectivity index (χ4n) is 1.71. The predicted octanol–water partition coefficient (Wildman–Crippen LogP) is 4.62. The average molecular weight is 282 g/mol. The molecule has 0 bridgehead atoms. The maximum absolute atomic E-state index is 9.71. The van der Waals surface area contributed by atoms with Crippen molar-refractivity contribution in [3.8, 4) is 5.75 Å². The SMILES string of the molecule is Cc1cc(Cl)ccc1NCc1cc(Cl)ccc1O. The van der Waals surface area contributed by atoms with E-state index in [1.807, 2.05) is 25.1 Å². The highest BCUT2D eigenvalue weighted by molar-refractivity contribution is 6.31.